The van der Waals surface area contributed by atoms with Gasteiger partial charge in [-0.25, -0.2) is 4.79 Å². The zero-order valence-corrected chi connectivity index (χ0v) is 15.6. The maximum absolute atomic E-state index is 13.7. The van der Waals surface area contributed by atoms with Crippen LogP contribution in [-0.4, -0.2) is 18.4 Å². The van der Waals surface area contributed by atoms with Gasteiger partial charge in [-0.2, -0.15) is 0 Å². The molecule has 4 heteroatoms. The van der Waals surface area contributed by atoms with Gasteiger partial charge in [0.2, 0.25) is 0 Å². The number of carbonyl (C=O) groups excluding carboxylic acids is 2. The highest BCUT2D eigenvalue weighted by molar-refractivity contribution is 6.14. The minimum Gasteiger partial charge on any atom is -0.462 e. The van der Waals surface area contributed by atoms with Gasteiger partial charge in [-0.15, -0.1) is 0 Å². The van der Waals surface area contributed by atoms with Crippen molar-refractivity contribution in [3.05, 3.63) is 101 Å². The zero-order valence-electron chi connectivity index (χ0n) is 15.6. The number of fused-ring (bicyclic) bond motifs is 1. The third-order valence-electron chi connectivity index (χ3n) is 5.05. The maximum Gasteiger partial charge on any atom is 0.338 e. The summed E-state index contributed by atoms with van der Waals surface area (Å²) >= 11 is 0. The highest BCUT2D eigenvalue weighted by Crippen LogP contribution is 2.43. The van der Waals surface area contributed by atoms with Gasteiger partial charge in [-0.3, -0.25) is 4.79 Å². The van der Waals surface area contributed by atoms with Gasteiger partial charge >= 0.3 is 5.97 Å². The van der Waals surface area contributed by atoms with Crippen molar-refractivity contribution in [2.24, 2.45) is 0 Å². The van der Waals surface area contributed by atoms with E-state index in [0.717, 1.165) is 11.1 Å². The lowest BCUT2D eigenvalue weighted by Crippen LogP contribution is -2.33. The minimum absolute atomic E-state index is 0.0718. The average molecular weight is 371 g/mol. The number of rotatable bonds is 4. The Morgan fingerprint density at radius 3 is 2.18 bits per heavy atom. The van der Waals surface area contributed by atoms with Gasteiger partial charge in [0, 0.05) is 5.69 Å². The third kappa shape index (κ3) is 3.18. The number of carbonyl (C=O) groups is 2. The van der Waals surface area contributed by atoms with Gasteiger partial charge in [0.1, 0.15) is 0 Å². The molecule has 0 saturated heterocycles. The minimum atomic E-state index is -0.473. The summed E-state index contributed by atoms with van der Waals surface area (Å²) in [7, 11) is 0. The summed E-state index contributed by atoms with van der Waals surface area (Å²) in [4.78, 5) is 26.1. The lowest BCUT2D eigenvalue weighted by molar-refractivity contribution is 0.0522. The summed E-state index contributed by atoms with van der Waals surface area (Å²) in [5.41, 5.74) is 3.32. The van der Waals surface area contributed by atoms with E-state index in [1.807, 2.05) is 66.7 Å². The van der Waals surface area contributed by atoms with E-state index in [0.29, 0.717) is 16.8 Å². The predicted molar refractivity (Wildman–Crippen MR) is 109 cm³/mol. The topological polar surface area (TPSA) is 55.4 Å². The van der Waals surface area contributed by atoms with Crippen LogP contribution in [0.3, 0.4) is 0 Å². The van der Waals surface area contributed by atoms with E-state index in [4.69, 9.17) is 4.74 Å². The highest BCUT2D eigenvalue weighted by atomic mass is 16.5. The quantitative estimate of drug-likeness (QED) is 0.656. The molecule has 0 aromatic heterocycles. The predicted octanol–water partition coefficient (Wildman–Crippen LogP) is 5.00. The fourth-order valence-electron chi connectivity index (χ4n) is 3.82. The molecule has 1 N–H and O–H groups in total. The first-order chi connectivity index (χ1) is 13.7. The van der Waals surface area contributed by atoms with Crippen LogP contribution in [-0.2, 0) is 4.74 Å². The normalized spacial score (nSPS) is 18.1. The molecule has 0 spiro atoms. The number of esters is 1. The second-order valence-corrected chi connectivity index (χ2v) is 6.73. The van der Waals surface area contributed by atoms with Crippen LogP contribution < -0.4 is 5.32 Å². The smallest absolute Gasteiger partial charge is 0.338 e. The molecule has 1 heterocycles. The highest BCUT2D eigenvalue weighted by Gasteiger charge is 2.39. The fraction of sp³-hybridized carbons (Fsp3) is 0.167. The second kappa shape index (κ2) is 7.69. The summed E-state index contributed by atoms with van der Waals surface area (Å²) in [6, 6.07) is 24.7. The first kappa shape index (κ1) is 18.0. The van der Waals surface area contributed by atoms with Gasteiger partial charge in [0.15, 0.2) is 5.78 Å². The Morgan fingerprint density at radius 2 is 1.54 bits per heavy atom. The SMILES string of the molecule is CCOC(=O)c1cccc2c1C(=O)C(c1ccccc1)C(c1ccccc1)N2. The van der Waals surface area contributed by atoms with Crippen LogP contribution in [0.1, 0.15) is 50.7 Å². The molecule has 2 atom stereocenters. The van der Waals surface area contributed by atoms with Crippen LogP contribution in [0, 0.1) is 0 Å². The molecule has 3 aromatic carbocycles. The Balaban J connectivity index is 1.87. The number of hydrogen-bond acceptors (Lipinski definition) is 4. The monoisotopic (exact) mass is 371 g/mol. The summed E-state index contributed by atoms with van der Waals surface area (Å²) < 4.78 is 5.18. The number of anilines is 1. The number of ether oxygens (including phenoxy) is 1. The molecule has 0 saturated carbocycles. The number of nitrogens with one attached hydrogen (secondary N) is 1. The molecule has 1 aliphatic rings. The fourth-order valence-corrected chi connectivity index (χ4v) is 3.82. The van der Waals surface area contributed by atoms with E-state index in [-0.39, 0.29) is 18.4 Å². The van der Waals surface area contributed by atoms with E-state index in [9.17, 15) is 9.59 Å². The van der Waals surface area contributed by atoms with Gasteiger partial charge in [-0.1, -0.05) is 66.7 Å². The Hall–Kier alpha value is -3.40. The molecule has 1 aliphatic heterocycles. The van der Waals surface area contributed by atoms with E-state index in [2.05, 4.69) is 5.32 Å². The number of Topliss-reactive ketones (excluding diaryl/α,β-unsaturated/α-hetero) is 1. The molecule has 0 aliphatic carbocycles. The van der Waals surface area contributed by atoms with Crippen LogP contribution in [0.25, 0.3) is 0 Å². The Morgan fingerprint density at radius 1 is 0.893 bits per heavy atom. The molecule has 0 radical (unpaired) electrons. The Kier molecular flexibility index (Phi) is 4.94. The van der Waals surface area contributed by atoms with Gasteiger partial charge in [0.05, 0.1) is 29.7 Å². The molecule has 140 valence electrons. The average Bonchev–Trinajstić information content (AvgIpc) is 2.74. The molecule has 2 unspecified atom stereocenters. The lowest BCUT2D eigenvalue weighted by atomic mass is 9.77. The Bertz CT molecular complexity index is 999. The third-order valence-corrected chi connectivity index (χ3v) is 5.05. The molecule has 3 aromatic rings. The number of benzene rings is 3. The molecule has 4 rings (SSSR count). The van der Waals surface area contributed by atoms with Crippen LogP contribution >= 0.6 is 0 Å². The first-order valence-corrected chi connectivity index (χ1v) is 9.41. The van der Waals surface area contributed by atoms with Gasteiger partial charge in [0.25, 0.3) is 0 Å². The molecule has 4 nitrogen and oxygen atoms in total. The molecule has 0 amide bonds. The van der Waals surface area contributed by atoms with Crippen molar-refractivity contribution in [2.75, 3.05) is 11.9 Å². The number of hydrogen-bond donors (Lipinski definition) is 1. The first-order valence-electron chi connectivity index (χ1n) is 9.41. The van der Waals surface area contributed by atoms with Crippen molar-refractivity contribution >= 4 is 17.4 Å². The van der Waals surface area contributed by atoms with E-state index in [1.165, 1.54) is 0 Å². The van der Waals surface area contributed by atoms with Gasteiger partial charge in [-0.05, 0) is 30.2 Å². The van der Waals surface area contributed by atoms with E-state index < -0.39 is 11.9 Å². The zero-order chi connectivity index (χ0) is 19.5. The molecule has 28 heavy (non-hydrogen) atoms. The van der Waals surface area contributed by atoms with Crippen molar-refractivity contribution in [3.63, 3.8) is 0 Å². The van der Waals surface area contributed by atoms with E-state index >= 15 is 0 Å². The summed E-state index contributed by atoms with van der Waals surface area (Å²) in [5, 5.41) is 3.50. The van der Waals surface area contributed by atoms with Crippen LogP contribution in [0.5, 0.6) is 0 Å². The Labute approximate surface area is 164 Å². The molecular weight excluding hydrogens is 350 g/mol. The van der Waals surface area contributed by atoms with Crippen LogP contribution in [0.4, 0.5) is 5.69 Å². The van der Waals surface area contributed by atoms with Crippen molar-refractivity contribution in [1.29, 1.82) is 0 Å². The molecule has 0 fully saturated rings. The van der Waals surface area contributed by atoms with Crippen LogP contribution in [0.15, 0.2) is 78.9 Å². The van der Waals surface area contributed by atoms with Crippen LogP contribution in [0.2, 0.25) is 0 Å². The lowest BCUT2D eigenvalue weighted by Gasteiger charge is -2.35. The van der Waals surface area contributed by atoms with Crippen molar-refractivity contribution in [2.45, 2.75) is 18.9 Å². The van der Waals surface area contributed by atoms with E-state index in [1.54, 1.807) is 19.1 Å². The molecular formula is C24H21NO3. The summed E-state index contributed by atoms with van der Waals surface area (Å²) in [6.07, 6.45) is 0. The van der Waals surface area contributed by atoms with Crippen molar-refractivity contribution in [3.8, 4) is 0 Å². The molecule has 0 bridgehead atoms. The summed E-state index contributed by atoms with van der Waals surface area (Å²) in [5.74, 6) is -0.983. The van der Waals surface area contributed by atoms with Crippen molar-refractivity contribution in [1.82, 2.24) is 0 Å². The standard InChI is InChI=1S/C24H21NO3/c1-2-28-24(27)18-14-9-15-19-21(18)23(26)20(16-10-5-3-6-11-16)22(25-19)17-12-7-4-8-13-17/h3-15,20,22,25H,2H2,1H3. The van der Waals surface area contributed by atoms with Gasteiger partial charge < -0.3 is 10.1 Å². The van der Waals surface area contributed by atoms with Crippen molar-refractivity contribution < 1.29 is 14.3 Å². The number of ketones is 1. The maximum atomic E-state index is 13.7. The largest absolute Gasteiger partial charge is 0.462 e. The second-order valence-electron chi connectivity index (χ2n) is 6.73. The summed E-state index contributed by atoms with van der Waals surface area (Å²) in [6.45, 7) is 2.02.